The van der Waals surface area contributed by atoms with Crippen LogP contribution in [0.3, 0.4) is 0 Å². The Bertz CT molecular complexity index is 1570. The quantitative estimate of drug-likeness (QED) is 0.203. The Kier molecular flexibility index (Phi) is 8.36. The second-order valence-electron chi connectivity index (χ2n) is 7.94. The Labute approximate surface area is 228 Å². The number of nitrogens with zero attached hydrogens (tertiary/aromatic N) is 2. The molecule has 0 bridgehead atoms. The molecule has 11 heteroatoms. The molecule has 4 aromatic rings. The van der Waals surface area contributed by atoms with Gasteiger partial charge in [-0.15, -0.1) is 0 Å². The van der Waals surface area contributed by atoms with E-state index >= 15 is 0 Å². The van der Waals surface area contributed by atoms with Gasteiger partial charge >= 0.3 is 0 Å². The van der Waals surface area contributed by atoms with Crippen LogP contribution in [0.2, 0.25) is 15.1 Å². The van der Waals surface area contributed by atoms with Crippen molar-refractivity contribution in [2.45, 2.75) is 11.4 Å². The van der Waals surface area contributed by atoms with E-state index in [1.165, 1.54) is 36.5 Å². The molecule has 7 nitrogen and oxygen atoms in total. The van der Waals surface area contributed by atoms with Crippen molar-refractivity contribution >= 4 is 67.7 Å². The first-order valence-corrected chi connectivity index (χ1v) is 13.5. The number of hydrogen-bond donors (Lipinski definition) is 2. The number of carbonyl (C=O) groups excluding carboxylic acids is 1. The molecule has 4 rings (SSSR count). The lowest BCUT2D eigenvalue weighted by Crippen LogP contribution is -2.39. The van der Waals surface area contributed by atoms with Gasteiger partial charge in [0.05, 0.1) is 17.7 Å². The van der Waals surface area contributed by atoms with Crippen molar-refractivity contribution in [1.29, 1.82) is 0 Å². The van der Waals surface area contributed by atoms with E-state index in [0.29, 0.717) is 16.1 Å². The predicted molar refractivity (Wildman–Crippen MR) is 147 cm³/mol. The van der Waals surface area contributed by atoms with Gasteiger partial charge in [-0.1, -0.05) is 71.2 Å². The molecule has 37 heavy (non-hydrogen) atoms. The third kappa shape index (κ3) is 6.23. The van der Waals surface area contributed by atoms with E-state index in [-0.39, 0.29) is 27.2 Å². The van der Waals surface area contributed by atoms with Crippen LogP contribution in [0.4, 0.5) is 0 Å². The molecule has 0 heterocycles. The summed E-state index contributed by atoms with van der Waals surface area (Å²) in [5, 5.41) is 16.7. The normalized spacial score (nSPS) is 11.9. The summed E-state index contributed by atoms with van der Waals surface area (Å²) < 4.78 is 27.8. The highest BCUT2D eigenvalue weighted by molar-refractivity contribution is 7.89. The fourth-order valence-electron chi connectivity index (χ4n) is 3.63. The number of amides is 1. The molecule has 1 amide bonds. The van der Waals surface area contributed by atoms with Crippen LogP contribution < -0.4 is 5.43 Å². The van der Waals surface area contributed by atoms with Crippen molar-refractivity contribution in [3.05, 3.63) is 105 Å². The number of nitrogens with one attached hydrogen (secondary N) is 1. The second-order valence-corrected chi connectivity index (χ2v) is 11.1. The summed E-state index contributed by atoms with van der Waals surface area (Å²) in [6, 6.07) is 21.0. The van der Waals surface area contributed by atoms with Crippen molar-refractivity contribution in [2.24, 2.45) is 5.10 Å². The Morgan fingerprint density at radius 2 is 1.59 bits per heavy atom. The second kappa shape index (κ2) is 11.5. The summed E-state index contributed by atoms with van der Waals surface area (Å²) in [5.41, 5.74) is 3.08. The molecule has 0 aromatic heterocycles. The summed E-state index contributed by atoms with van der Waals surface area (Å²) in [6.45, 7) is -0.837. The topological polar surface area (TPSA) is 99.1 Å². The molecule has 0 radical (unpaired) electrons. The van der Waals surface area contributed by atoms with Crippen LogP contribution in [0.15, 0.2) is 88.9 Å². The molecule has 2 N–H and O–H groups in total. The van der Waals surface area contributed by atoms with Gasteiger partial charge in [0.2, 0.25) is 10.0 Å². The Balaban J connectivity index is 1.59. The zero-order valence-electron chi connectivity index (χ0n) is 19.1. The van der Waals surface area contributed by atoms with Crippen LogP contribution >= 0.6 is 34.8 Å². The van der Waals surface area contributed by atoms with Gasteiger partial charge in [0.15, 0.2) is 0 Å². The van der Waals surface area contributed by atoms with E-state index in [1.807, 2.05) is 24.3 Å². The van der Waals surface area contributed by atoms with Crippen molar-refractivity contribution in [3.63, 3.8) is 0 Å². The summed E-state index contributed by atoms with van der Waals surface area (Å²) >= 11 is 18.5. The number of hydrogen-bond acceptors (Lipinski definition) is 5. The monoisotopic (exact) mass is 575 g/mol. The fourth-order valence-corrected chi connectivity index (χ4v) is 5.63. The number of carbonyl (C=O) groups is 1. The molecular weight excluding hydrogens is 557 g/mol. The van der Waals surface area contributed by atoms with Gasteiger partial charge in [-0.3, -0.25) is 4.79 Å². The van der Waals surface area contributed by atoms with Crippen molar-refractivity contribution in [2.75, 3.05) is 6.54 Å². The zero-order valence-corrected chi connectivity index (χ0v) is 22.2. The first-order valence-electron chi connectivity index (χ1n) is 10.9. The number of phenols is 1. The summed E-state index contributed by atoms with van der Waals surface area (Å²) in [7, 11) is -4.15. The summed E-state index contributed by atoms with van der Waals surface area (Å²) in [6.07, 6.45) is 1.30. The highest BCUT2D eigenvalue weighted by atomic mass is 35.5. The van der Waals surface area contributed by atoms with Gasteiger partial charge < -0.3 is 5.11 Å². The molecule has 0 aliphatic carbocycles. The SMILES string of the molecule is O=C(CN(Cc1c(Cl)cccc1Cl)S(=O)(=O)c1ccc(Cl)cc1)N/N=C\c1c(O)ccc2ccccc12. The maximum atomic E-state index is 13.4. The lowest BCUT2D eigenvalue weighted by Gasteiger charge is -2.22. The van der Waals surface area contributed by atoms with Crippen molar-refractivity contribution < 1.29 is 18.3 Å². The molecule has 0 saturated heterocycles. The molecule has 0 spiro atoms. The fraction of sp³-hybridized carbons (Fsp3) is 0.0769. The maximum absolute atomic E-state index is 13.4. The molecule has 0 unspecified atom stereocenters. The van der Waals surface area contributed by atoms with Gasteiger partial charge in [-0.05, 0) is 53.2 Å². The van der Waals surface area contributed by atoms with E-state index in [9.17, 15) is 18.3 Å². The third-order valence-corrected chi connectivity index (χ3v) is 8.26. The van der Waals surface area contributed by atoms with Crippen LogP contribution in [0.5, 0.6) is 5.75 Å². The molecule has 0 fully saturated rings. The largest absolute Gasteiger partial charge is 0.507 e. The maximum Gasteiger partial charge on any atom is 0.255 e. The molecular formula is C26H20Cl3N3O4S. The number of halogens is 3. The Hall–Kier alpha value is -3.14. The van der Waals surface area contributed by atoms with Crippen molar-refractivity contribution in [3.8, 4) is 5.75 Å². The number of sulfonamides is 1. The standard InChI is InChI=1S/C26H20Cl3N3O4S/c27-18-9-11-19(12-10-18)37(35,36)32(15-22-23(28)6-3-7-24(22)29)16-26(34)31-30-14-21-20-5-2-1-4-17(20)8-13-25(21)33/h1-14,33H,15-16H2,(H,31,34)/b30-14-. The lowest BCUT2D eigenvalue weighted by molar-refractivity contribution is -0.121. The number of rotatable bonds is 8. The first-order chi connectivity index (χ1) is 17.7. The first kappa shape index (κ1) is 26.9. The molecule has 0 saturated carbocycles. The number of benzene rings is 4. The highest BCUT2D eigenvalue weighted by Crippen LogP contribution is 2.29. The lowest BCUT2D eigenvalue weighted by atomic mass is 10.0. The minimum absolute atomic E-state index is 0.0167. The third-order valence-electron chi connectivity index (χ3n) is 5.50. The number of hydrazone groups is 1. The smallest absolute Gasteiger partial charge is 0.255 e. The van der Waals surface area contributed by atoms with Gasteiger partial charge in [0, 0.05) is 32.7 Å². The molecule has 0 atom stereocenters. The van der Waals surface area contributed by atoms with E-state index in [4.69, 9.17) is 34.8 Å². The van der Waals surface area contributed by atoms with Crippen LogP contribution in [0.25, 0.3) is 10.8 Å². The summed E-state index contributed by atoms with van der Waals surface area (Å²) in [4.78, 5) is 12.7. The van der Waals surface area contributed by atoms with Crippen LogP contribution in [0.1, 0.15) is 11.1 Å². The van der Waals surface area contributed by atoms with Gasteiger partial charge in [0.25, 0.3) is 5.91 Å². The average molecular weight is 577 g/mol. The van der Waals surface area contributed by atoms with Crippen molar-refractivity contribution in [1.82, 2.24) is 9.73 Å². The molecule has 4 aromatic carbocycles. The van der Waals surface area contributed by atoms with Gasteiger partial charge in [-0.2, -0.15) is 9.41 Å². The molecule has 190 valence electrons. The Morgan fingerprint density at radius 1 is 0.919 bits per heavy atom. The highest BCUT2D eigenvalue weighted by Gasteiger charge is 2.28. The summed E-state index contributed by atoms with van der Waals surface area (Å²) in [5.74, 6) is -0.728. The minimum atomic E-state index is -4.15. The van der Waals surface area contributed by atoms with E-state index in [1.54, 1.807) is 24.3 Å². The molecule has 0 aliphatic heterocycles. The number of aromatic hydroxyl groups is 1. The number of phenolic OH excluding ortho intramolecular Hbond substituents is 1. The van der Waals surface area contributed by atoms with Crippen LogP contribution in [0, 0.1) is 0 Å². The molecule has 0 aliphatic rings. The number of fused-ring (bicyclic) bond motifs is 1. The van der Waals surface area contributed by atoms with Gasteiger partial charge in [0.1, 0.15) is 5.75 Å². The van der Waals surface area contributed by atoms with Crippen LogP contribution in [-0.4, -0.2) is 36.5 Å². The van der Waals surface area contributed by atoms with Gasteiger partial charge in [-0.25, -0.2) is 13.8 Å². The minimum Gasteiger partial charge on any atom is -0.507 e. The predicted octanol–water partition coefficient (Wildman–Crippen LogP) is 5.85. The average Bonchev–Trinajstić information content (AvgIpc) is 2.87. The van der Waals surface area contributed by atoms with Crippen LogP contribution in [-0.2, 0) is 21.4 Å². The van der Waals surface area contributed by atoms with E-state index in [0.717, 1.165) is 15.1 Å². The van der Waals surface area contributed by atoms with E-state index in [2.05, 4.69) is 10.5 Å². The zero-order chi connectivity index (χ0) is 26.6. The van der Waals surface area contributed by atoms with E-state index < -0.39 is 22.5 Å². The Morgan fingerprint density at radius 3 is 2.30 bits per heavy atom.